The Hall–Kier alpha value is -4.53. The molecular formula is C38H36N2. The van der Waals surface area contributed by atoms with E-state index in [9.17, 15) is 0 Å². The van der Waals surface area contributed by atoms with Gasteiger partial charge in [0.1, 0.15) is 0 Å². The Morgan fingerprint density at radius 1 is 0.850 bits per heavy atom. The first-order valence-corrected chi connectivity index (χ1v) is 13.9. The molecule has 0 atom stereocenters. The fourth-order valence-electron chi connectivity index (χ4n) is 5.53. The average molecular weight is 521 g/mol. The summed E-state index contributed by atoms with van der Waals surface area (Å²) >= 11 is 0. The Balaban J connectivity index is 1.52. The molecule has 4 aromatic rings. The van der Waals surface area contributed by atoms with Crippen LogP contribution in [0, 0.1) is 0 Å². The lowest BCUT2D eigenvalue weighted by molar-refractivity contribution is 0.994. The van der Waals surface area contributed by atoms with Crippen molar-refractivity contribution in [3.05, 3.63) is 150 Å². The van der Waals surface area contributed by atoms with Crippen LogP contribution in [-0.4, -0.2) is 12.3 Å². The number of hydrogen-bond acceptors (Lipinski definition) is 2. The molecule has 2 heteroatoms. The van der Waals surface area contributed by atoms with Crippen LogP contribution in [0.25, 0.3) is 32.7 Å². The normalized spacial score (nSPS) is 15.0. The van der Waals surface area contributed by atoms with Gasteiger partial charge in [-0.15, -0.1) is 0 Å². The lowest BCUT2D eigenvalue weighted by Crippen LogP contribution is -2.04. The number of rotatable bonds is 8. The van der Waals surface area contributed by atoms with Crippen LogP contribution in [0.1, 0.15) is 37.8 Å². The highest BCUT2D eigenvalue weighted by molar-refractivity contribution is 6.04. The molecule has 4 aromatic carbocycles. The van der Waals surface area contributed by atoms with Crippen LogP contribution < -0.4 is 5.73 Å². The molecule has 1 aliphatic rings. The lowest BCUT2D eigenvalue weighted by Gasteiger charge is -2.20. The molecule has 0 saturated heterocycles. The number of allylic oxidation sites excluding steroid dienone is 9. The summed E-state index contributed by atoms with van der Waals surface area (Å²) in [6.07, 6.45) is 12.3. The fourth-order valence-corrected chi connectivity index (χ4v) is 5.53. The van der Waals surface area contributed by atoms with Gasteiger partial charge in [0.15, 0.2) is 0 Å². The molecule has 0 unspecified atom stereocenters. The predicted molar refractivity (Wildman–Crippen MR) is 176 cm³/mol. The SMILES string of the molecule is C=C/C=C(\CN)c1ccc(C2=CC(C=C)=C(/C=C(\C)C(C)=Nc3cccc4ccccc34)CC2)c2ccccc12. The van der Waals surface area contributed by atoms with Gasteiger partial charge < -0.3 is 5.73 Å². The summed E-state index contributed by atoms with van der Waals surface area (Å²) in [7, 11) is 0. The van der Waals surface area contributed by atoms with E-state index in [0.717, 1.165) is 41.0 Å². The Morgan fingerprint density at radius 2 is 1.57 bits per heavy atom. The maximum absolute atomic E-state index is 6.08. The molecule has 40 heavy (non-hydrogen) atoms. The van der Waals surface area contributed by atoms with Gasteiger partial charge in [-0.1, -0.05) is 116 Å². The maximum Gasteiger partial charge on any atom is 0.0711 e. The zero-order chi connectivity index (χ0) is 28.1. The van der Waals surface area contributed by atoms with Crippen LogP contribution in [-0.2, 0) is 0 Å². The average Bonchev–Trinajstić information content (AvgIpc) is 3.00. The van der Waals surface area contributed by atoms with Crippen molar-refractivity contribution < 1.29 is 0 Å². The molecule has 5 rings (SSSR count). The first-order valence-electron chi connectivity index (χ1n) is 13.9. The molecule has 0 fully saturated rings. The first kappa shape index (κ1) is 27.1. The fraction of sp³-hybridized carbons (Fsp3) is 0.132. The van der Waals surface area contributed by atoms with E-state index in [1.165, 1.54) is 43.8 Å². The molecule has 2 N–H and O–H groups in total. The van der Waals surface area contributed by atoms with Crippen molar-refractivity contribution in [2.45, 2.75) is 26.7 Å². The zero-order valence-corrected chi connectivity index (χ0v) is 23.5. The van der Waals surface area contributed by atoms with E-state index in [0.29, 0.717) is 6.54 Å². The number of nitrogens with two attached hydrogens (primary N) is 1. The van der Waals surface area contributed by atoms with Gasteiger partial charge in [-0.3, -0.25) is 4.99 Å². The Labute approximate surface area is 238 Å². The van der Waals surface area contributed by atoms with Crippen LogP contribution in [0.2, 0.25) is 0 Å². The van der Waals surface area contributed by atoms with Gasteiger partial charge in [0.2, 0.25) is 0 Å². The monoisotopic (exact) mass is 520 g/mol. The molecule has 0 aromatic heterocycles. The second-order valence-electron chi connectivity index (χ2n) is 10.2. The van der Waals surface area contributed by atoms with Crippen molar-refractivity contribution in [2.75, 3.05) is 6.54 Å². The third kappa shape index (κ3) is 5.45. The number of aliphatic imine (C=N–C) groups is 1. The Kier molecular flexibility index (Phi) is 8.19. The highest BCUT2D eigenvalue weighted by atomic mass is 14.7. The predicted octanol–water partition coefficient (Wildman–Crippen LogP) is 9.92. The standard InChI is InChI=1S/C38H36N2/c1-5-12-32(25-39)34-22-21-33(36-16-9-10-17-37(34)36)31-20-19-30(28(6-2)24-31)23-26(3)27(4)40-38-18-11-14-29-13-7-8-15-35(29)38/h5-18,21-24H,1-2,19-20,25,39H2,3-4H3/b26-23+,32-12+,40-27?. The van der Waals surface area contributed by atoms with Crippen LogP contribution in [0.3, 0.4) is 0 Å². The van der Waals surface area contributed by atoms with Crippen LogP contribution in [0.4, 0.5) is 5.69 Å². The maximum atomic E-state index is 6.08. The van der Waals surface area contributed by atoms with Gasteiger partial charge >= 0.3 is 0 Å². The molecule has 0 radical (unpaired) electrons. The van der Waals surface area contributed by atoms with Gasteiger partial charge in [-0.2, -0.15) is 0 Å². The minimum atomic E-state index is 0.472. The van der Waals surface area contributed by atoms with E-state index in [4.69, 9.17) is 10.7 Å². The van der Waals surface area contributed by atoms with E-state index >= 15 is 0 Å². The molecular weight excluding hydrogens is 484 g/mol. The summed E-state index contributed by atoms with van der Waals surface area (Å²) < 4.78 is 0. The van der Waals surface area contributed by atoms with Crippen LogP contribution >= 0.6 is 0 Å². The number of nitrogens with zero attached hydrogens (tertiary/aromatic N) is 1. The number of benzene rings is 4. The van der Waals surface area contributed by atoms with Crippen molar-refractivity contribution in [3.8, 4) is 0 Å². The lowest BCUT2D eigenvalue weighted by atomic mass is 9.84. The smallest absolute Gasteiger partial charge is 0.0711 e. The number of hydrogen-bond donors (Lipinski definition) is 1. The largest absolute Gasteiger partial charge is 0.326 e. The summed E-state index contributed by atoms with van der Waals surface area (Å²) in [6.45, 7) is 12.7. The van der Waals surface area contributed by atoms with Crippen LogP contribution in [0.15, 0.2) is 144 Å². The van der Waals surface area contributed by atoms with Gasteiger partial charge in [0.25, 0.3) is 0 Å². The second kappa shape index (κ2) is 12.1. The van der Waals surface area contributed by atoms with Crippen molar-refractivity contribution in [2.24, 2.45) is 10.7 Å². The summed E-state index contributed by atoms with van der Waals surface area (Å²) in [4.78, 5) is 5.01. The summed E-state index contributed by atoms with van der Waals surface area (Å²) in [5.74, 6) is 0. The van der Waals surface area contributed by atoms with Gasteiger partial charge in [-0.25, -0.2) is 0 Å². The van der Waals surface area contributed by atoms with Gasteiger partial charge in [0.05, 0.1) is 5.69 Å². The highest BCUT2D eigenvalue weighted by Crippen LogP contribution is 2.37. The van der Waals surface area contributed by atoms with Crippen molar-refractivity contribution in [3.63, 3.8) is 0 Å². The molecule has 0 bridgehead atoms. The highest BCUT2D eigenvalue weighted by Gasteiger charge is 2.16. The first-order chi connectivity index (χ1) is 19.5. The molecule has 0 aliphatic heterocycles. The topological polar surface area (TPSA) is 38.4 Å². The third-order valence-corrected chi connectivity index (χ3v) is 7.76. The molecule has 1 aliphatic carbocycles. The Morgan fingerprint density at radius 3 is 2.33 bits per heavy atom. The zero-order valence-electron chi connectivity index (χ0n) is 23.5. The molecule has 198 valence electrons. The molecule has 0 spiro atoms. The van der Waals surface area contributed by atoms with Crippen molar-refractivity contribution in [1.82, 2.24) is 0 Å². The van der Waals surface area contributed by atoms with Gasteiger partial charge in [-0.05, 0) is 87.9 Å². The van der Waals surface area contributed by atoms with E-state index in [2.05, 4.69) is 118 Å². The van der Waals surface area contributed by atoms with Crippen LogP contribution in [0.5, 0.6) is 0 Å². The molecule has 0 heterocycles. The summed E-state index contributed by atoms with van der Waals surface area (Å²) in [5, 5.41) is 4.83. The second-order valence-corrected chi connectivity index (χ2v) is 10.2. The third-order valence-electron chi connectivity index (χ3n) is 7.76. The summed E-state index contributed by atoms with van der Waals surface area (Å²) in [6, 6.07) is 27.7. The minimum Gasteiger partial charge on any atom is -0.326 e. The van der Waals surface area contributed by atoms with Crippen molar-refractivity contribution in [1.29, 1.82) is 0 Å². The summed E-state index contributed by atoms with van der Waals surface area (Å²) in [5.41, 5.74) is 16.6. The molecule has 0 amide bonds. The minimum absolute atomic E-state index is 0.472. The van der Waals surface area contributed by atoms with E-state index in [-0.39, 0.29) is 0 Å². The van der Waals surface area contributed by atoms with E-state index < -0.39 is 0 Å². The number of fused-ring (bicyclic) bond motifs is 2. The Bertz CT molecular complexity index is 1770. The van der Waals surface area contributed by atoms with Gasteiger partial charge in [0, 0.05) is 17.6 Å². The molecule has 2 nitrogen and oxygen atoms in total. The quantitative estimate of drug-likeness (QED) is 0.182. The van der Waals surface area contributed by atoms with E-state index in [1.807, 2.05) is 12.2 Å². The van der Waals surface area contributed by atoms with E-state index in [1.54, 1.807) is 6.08 Å². The van der Waals surface area contributed by atoms with Crippen molar-refractivity contribution >= 4 is 44.1 Å². The molecule has 0 saturated carbocycles.